The average Bonchev–Trinajstić information content (AvgIpc) is 2.81. The summed E-state index contributed by atoms with van der Waals surface area (Å²) in [5, 5.41) is 9.22. The first-order chi connectivity index (χ1) is 9.72. The van der Waals surface area contributed by atoms with Crippen LogP contribution < -0.4 is 5.73 Å². The number of aromatic nitrogens is 2. The highest BCUT2D eigenvalue weighted by atomic mass is 15.1. The first-order valence-electron chi connectivity index (χ1n) is 7.07. The predicted molar refractivity (Wildman–Crippen MR) is 81.1 cm³/mol. The second kappa shape index (κ2) is 6.25. The Morgan fingerprint density at radius 1 is 1.30 bits per heavy atom. The Morgan fingerprint density at radius 2 is 2.05 bits per heavy atom. The fourth-order valence-corrected chi connectivity index (χ4v) is 2.33. The third-order valence-corrected chi connectivity index (χ3v) is 3.44. The van der Waals surface area contributed by atoms with Gasteiger partial charge in [0.15, 0.2) is 0 Å². The lowest BCUT2D eigenvalue weighted by Gasteiger charge is -2.08. The van der Waals surface area contributed by atoms with Crippen LogP contribution in [0.25, 0.3) is 11.3 Å². The molecule has 0 unspecified atom stereocenters. The van der Waals surface area contributed by atoms with Crippen LogP contribution in [-0.4, -0.2) is 9.55 Å². The SMILES string of the molecule is CCCCn1c(CC)nc(-c2ccccc2C#N)c1N. The van der Waals surface area contributed by atoms with Gasteiger partial charge in [-0.1, -0.05) is 38.5 Å². The number of hydrogen-bond donors (Lipinski definition) is 1. The van der Waals surface area contributed by atoms with E-state index in [1.165, 1.54) is 0 Å². The maximum Gasteiger partial charge on any atom is 0.131 e. The third kappa shape index (κ3) is 2.53. The zero-order valence-electron chi connectivity index (χ0n) is 12.1. The number of aryl methyl sites for hydroxylation is 1. The minimum absolute atomic E-state index is 0.613. The highest BCUT2D eigenvalue weighted by molar-refractivity contribution is 5.75. The fraction of sp³-hybridized carbons (Fsp3) is 0.375. The molecule has 2 rings (SSSR count). The van der Waals surface area contributed by atoms with Crippen LogP contribution in [-0.2, 0) is 13.0 Å². The molecule has 104 valence electrons. The van der Waals surface area contributed by atoms with Crippen LogP contribution in [0.5, 0.6) is 0 Å². The van der Waals surface area contributed by atoms with Crippen molar-refractivity contribution in [2.75, 3.05) is 5.73 Å². The third-order valence-electron chi connectivity index (χ3n) is 3.44. The molecule has 2 N–H and O–H groups in total. The van der Waals surface area contributed by atoms with Crippen molar-refractivity contribution < 1.29 is 0 Å². The zero-order valence-corrected chi connectivity index (χ0v) is 12.1. The first-order valence-corrected chi connectivity index (χ1v) is 7.07. The van der Waals surface area contributed by atoms with E-state index >= 15 is 0 Å². The zero-order chi connectivity index (χ0) is 14.5. The van der Waals surface area contributed by atoms with Crippen LogP contribution in [0.1, 0.15) is 38.1 Å². The quantitative estimate of drug-likeness (QED) is 0.904. The lowest BCUT2D eigenvalue weighted by Crippen LogP contribution is -2.06. The van der Waals surface area contributed by atoms with E-state index in [1.54, 1.807) is 6.07 Å². The molecule has 0 aliphatic carbocycles. The summed E-state index contributed by atoms with van der Waals surface area (Å²) in [4.78, 5) is 4.65. The summed E-state index contributed by atoms with van der Waals surface area (Å²) in [7, 11) is 0. The second-order valence-electron chi connectivity index (χ2n) is 4.78. The number of hydrogen-bond acceptors (Lipinski definition) is 3. The van der Waals surface area contributed by atoms with E-state index in [-0.39, 0.29) is 0 Å². The molecule has 0 radical (unpaired) electrons. The minimum Gasteiger partial charge on any atom is -0.383 e. The normalized spacial score (nSPS) is 10.4. The molecule has 1 aromatic heterocycles. The van der Waals surface area contributed by atoms with Crippen molar-refractivity contribution >= 4 is 5.82 Å². The lowest BCUT2D eigenvalue weighted by molar-refractivity contribution is 0.612. The number of rotatable bonds is 5. The van der Waals surface area contributed by atoms with Crippen molar-refractivity contribution in [2.24, 2.45) is 0 Å². The van der Waals surface area contributed by atoms with E-state index in [9.17, 15) is 5.26 Å². The number of imidazole rings is 1. The smallest absolute Gasteiger partial charge is 0.131 e. The van der Waals surface area contributed by atoms with E-state index in [1.807, 2.05) is 18.2 Å². The van der Waals surface area contributed by atoms with Crippen molar-refractivity contribution in [3.63, 3.8) is 0 Å². The Hall–Kier alpha value is -2.28. The van der Waals surface area contributed by atoms with Gasteiger partial charge in [0.05, 0.1) is 11.6 Å². The van der Waals surface area contributed by atoms with Gasteiger partial charge in [-0.25, -0.2) is 4.98 Å². The van der Waals surface area contributed by atoms with E-state index in [0.29, 0.717) is 11.4 Å². The van der Waals surface area contributed by atoms with E-state index in [4.69, 9.17) is 5.73 Å². The van der Waals surface area contributed by atoms with E-state index < -0.39 is 0 Å². The minimum atomic E-state index is 0.613. The number of nitrogens with two attached hydrogens (primary N) is 1. The molecule has 20 heavy (non-hydrogen) atoms. The first kappa shape index (κ1) is 14.1. The van der Waals surface area contributed by atoms with Crippen LogP contribution >= 0.6 is 0 Å². The number of nitriles is 1. The molecule has 0 aliphatic heterocycles. The topological polar surface area (TPSA) is 67.6 Å². The van der Waals surface area contributed by atoms with Gasteiger partial charge in [-0.3, -0.25) is 0 Å². The predicted octanol–water partition coefficient (Wildman–Crippen LogP) is 3.37. The Morgan fingerprint density at radius 3 is 2.70 bits per heavy atom. The molecular formula is C16H20N4. The molecule has 0 bridgehead atoms. The molecule has 0 saturated carbocycles. The molecule has 0 saturated heterocycles. The van der Waals surface area contributed by atoms with Gasteiger partial charge in [0, 0.05) is 18.5 Å². The lowest BCUT2D eigenvalue weighted by atomic mass is 10.1. The second-order valence-corrected chi connectivity index (χ2v) is 4.78. The Balaban J connectivity index is 2.53. The number of nitrogens with zero attached hydrogens (tertiary/aromatic N) is 3. The Labute approximate surface area is 119 Å². The van der Waals surface area contributed by atoms with Gasteiger partial charge in [0.25, 0.3) is 0 Å². The summed E-state index contributed by atoms with van der Waals surface area (Å²) in [5.74, 6) is 1.65. The fourth-order valence-electron chi connectivity index (χ4n) is 2.33. The molecule has 4 heteroatoms. The van der Waals surface area contributed by atoms with Crippen molar-refractivity contribution in [1.29, 1.82) is 5.26 Å². The van der Waals surface area contributed by atoms with Crippen molar-refractivity contribution in [2.45, 2.75) is 39.7 Å². The van der Waals surface area contributed by atoms with Gasteiger partial charge >= 0.3 is 0 Å². The van der Waals surface area contributed by atoms with E-state index in [2.05, 4.69) is 29.5 Å². The molecule has 0 atom stereocenters. The highest BCUT2D eigenvalue weighted by Crippen LogP contribution is 2.29. The number of unbranched alkanes of at least 4 members (excludes halogenated alkanes) is 1. The number of nitrogen functional groups attached to an aromatic ring is 1. The summed E-state index contributed by atoms with van der Waals surface area (Å²) in [6, 6.07) is 9.67. The Kier molecular flexibility index (Phi) is 4.41. The molecule has 0 amide bonds. The molecule has 1 aromatic carbocycles. The summed E-state index contributed by atoms with van der Waals surface area (Å²) in [5.41, 5.74) is 8.43. The molecule has 4 nitrogen and oxygen atoms in total. The standard InChI is InChI=1S/C16H20N4/c1-3-5-10-20-14(4-2)19-15(16(20)18)13-9-7-6-8-12(13)11-17/h6-9H,3-5,10,18H2,1-2H3. The largest absolute Gasteiger partial charge is 0.383 e. The van der Waals surface area contributed by atoms with Crippen LogP contribution in [0.3, 0.4) is 0 Å². The number of benzene rings is 1. The average molecular weight is 268 g/mol. The van der Waals surface area contributed by atoms with Gasteiger partial charge in [-0.05, 0) is 12.5 Å². The van der Waals surface area contributed by atoms with Gasteiger partial charge in [-0.15, -0.1) is 0 Å². The maximum absolute atomic E-state index is 9.22. The monoisotopic (exact) mass is 268 g/mol. The van der Waals surface area contributed by atoms with Crippen molar-refractivity contribution in [3.8, 4) is 17.3 Å². The van der Waals surface area contributed by atoms with Gasteiger partial charge in [0.2, 0.25) is 0 Å². The summed E-state index contributed by atoms with van der Waals surface area (Å²) in [6.07, 6.45) is 3.03. The molecule has 2 aromatic rings. The summed E-state index contributed by atoms with van der Waals surface area (Å²) in [6.45, 7) is 5.11. The maximum atomic E-state index is 9.22. The molecule has 0 aliphatic rings. The van der Waals surface area contributed by atoms with Crippen LogP contribution in [0.4, 0.5) is 5.82 Å². The summed E-state index contributed by atoms with van der Waals surface area (Å²) >= 11 is 0. The van der Waals surface area contributed by atoms with E-state index in [0.717, 1.165) is 42.9 Å². The van der Waals surface area contributed by atoms with Crippen molar-refractivity contribution in [1.82, 2.24) is 9.55 Å². The van der Waals surface area contributed by atoms with Gasteiger partial charge < -0.3 is 10.3 Å². The van der Waals surface area contributed by atoms with Gasteiger partial charge in [-0.2, -0.15) is 5.26 Å². The summed E-state index contributed by atoms with van der Waals surface area (Å²) < 4.78 is 2.08. The molecule has 1 heterocycles. The molecule has 0 spiro atoms. The van der Waals surface area contributed by atoms with Crippen LogP contribution in [0, 0.1) is 11.3 Å². The van der Waals surface area contributed by atoms with Gasteiger partial charge in [0.1, 0.15) is 17.3 Å². The highest BCUT2D eigenvalue weighted by Gasteiger charge is 2.16. The van der Waals surface area contributed by atoms with Crippen molar-refractivity contribution in [3.05, 3.63) is 35.7 Å². The van der Waals surface area contributed by atoms with Crippen LogP contribution in [0.2, 0.25) is 0 Å². The Bertz CT molecular complexity index is 634. The molecule has 0 fully saturated rings. The van der Waals surface area contributed by atoms with Crippen LogP contribution in [0.15, 0.2) is 24.3 Å². The number of anilines is 1. The molecular weight excluding hydrogens is 248 g/mol.